The SMILES string of the molecule is CCOCCS(=O)(=O)NCC1CCC(Cl)C1. The van der Waals surface area contributed by atoms with E-state index in [4.69, 9.17) is 16.3 Å². The molecule has 0 amide bonds. The highest BCUT2D eigenvalue weighted by Gasteiger charge is 2.24. The van der Waals surface area contributed by atoms with Gasteiger partial charge >= 0.3 is 0 Å². The van der Waals surface area contributed by atoms with Crippen molar-refractivity contribution in [3.05, 3.63) is 0 Å². The van der Waals surface area contributed by atoms with Crippen LogP contribution in [0.2, 0.25) is 0 Å². The molecule has 4 nitrogen and oxygen atoms in total. The monoisotopic (exact) mass is 269 g/mol. The molecule has 0 bridgehead atoms. The zero-order chi connectivity index (χ0) is 12.0. The van der Waals surface area contributed by atoms with E-state index in [-0.39, 0.29) is 17.7 Å². The summed E-state index contributed by atoms with van der Waals surface area (Å²) in [6, 6.07) is 0. The number of halogens is 1. The molecule has 96 valence electrons. The molecule has 1 saturated carbocycles. The smallest absolute Gasteiger partial charge is 0.213 e. The summed E-state index contributed by atoms with van der Waals surface area (Å²) in [5, 5.41) is 0.220. The number of ether oxygens (including phenoxy) is 1. The van der Waals surface area contributed by atoms with Crippen molar-refractivity contribution in [1.82, 2.24) is 4.72 Å². The van der Waals surface area contributed by atoms with Crippen LogP contribution in [0.15, 0.2) is 0 Å². The van der Waals surface area contributed by atoms with Crippen LogP contribution in [0.5, 0.6) is 0 Å². The van der Waals surface area contributed by atoms with Crippen LogP contribution < -0.4 is 4.72 Å². The fourth-order valence-electron chi connectivity index (χ4n) is 1.83. The third-order valence-electron chi connectivity index (χ3n) is 2.77. The number of hydrogen-bond acceptors (Lipinski definition) is 3. The maximum atomic E-state index is 11.5. The molecule has 2 unspecified atom stereocenters. The number of sulfonamides is 1. The van der Waals surface area contributed by atoms with Gasteiger partial charge in [0, 0.05) is 18.5 Å². The molecule has 0 aliphatic heterocycles. The molecular formula is C10H20ClNO3S. The van der Waals surface area contributed by atoms with Crippen molar-refractivity contribution in [3.63, 3.8) is 0 Å². The summed E-state index contributed by atoms with van der Waals surface area (Å²) in [5.74, 6) is 0.432. The van der Waals surface area contributed by atoms with E-state index in [1.807, 2.05) is 6.92 Å². The molecule has 2 atom stereocenters. The molecule has 0 heterocycles. The van der Waals surface area contributed by atoms with Crippen molar-refractivity contribution in [2.24, 2.45) is 5.92 Å². The first kappa shape index (κ1) is 14.2. The molecule has 0 aromatic heterocycles. The lowest BCUT2D eigenvalue weighted by atomic mass is 10.1. The van der Waals surface area contributed by atoms with E-state index >= 15 is 0 Å². The van der Waals surface area contributed by atoms with Gasteiger partial charge in [-0.2, -0.15) is 0 Å². The molecule has 6 heteroatoms. The summed E-state index contributed by atoms with van der Waals surface area (Å²) in [4.78, 5) is 0. The van der Waals surface area contributed by atoms with E-state index in [2.05, 4.69) is 4.72 Å². The lowest BCUT2D eigenvalue weighted by molar-refractivity contribution is 0.163. The third-order valence-corrected chi connectivity index (χ3v) is 4.48. The Morgan fingerprint density at radius 3 is 2.75 bits per heavy atom. The fraction of sp³-hybridized carbons (Fsp3) is 1.00. The quantitative estimate of drug-likeness (QED) is 0.561. The molecule has 1 aliphatic rings. The highest BCUT2D eigenvalue weighted by Crippen LogP contribution is 2.28. The van der Waals surface area contributed by atoms with Gasteiger partial charge in [0.15, 0.2) is 0 Å². The molecular weight excluding hydrogens is 250 g/mol. The predicted molar refractivity (Wildman–Crippen MR) is 65.3 cm³/mol. The van der Waals surface area contributed by atoms with Crippen LogP contribution in [0.4, 0.5) is 0 Å². The van der Waals surface area contributed by atoms with Crippen molar-refractivity contribution in [2.75, 3.05) is 25.5 Å². The zero-order valence-corrected chi connectivity index (χ0v) is 11.2. The predicted octanol–water partition coefficient (Wildman–Crippen LogP) is 1.35. The van der Waals surface area contributed by atoms with Crippen molar-refractivity contribution in [2.45, 2.75) is 31.6 Å². The molecule has 0 saturated heterocycles. The summed E-state index contributed by atoms with van der Waals surface area (Å²) < 4.78 is 30.7. The lowest BCUT2D eigenvalue weighted by Gasteiger charge is -2.11. The first-order valence-electron chi connectivity index (χ1n) is 5.72. The molecule has 0 aromatic rings. The Balaban J connectivity index is 2.20. The maximum absolute atomic E-state index is 11.5. The van der Waals surface area contributed by atoms with Crippen LogP contribution >= 0.6 is 11.6 Å². The molecule has 1 rings (SSSR count). The van der Waals surface area contributed by atoms with Gasteiger partial charge in [-0.05, 0) is 32.1 Å². The van der Waals surface area contributed by atoms with Gasteiger partial charge in [-0.25, -0.2) is 13.1 Å². The van der Waals surface area contributed by atoms with Crippen LogP contribution in [-0.4, -0.2) is 39.3 Å². The molecule has 0 spiro atoms. The molecule has 0 radical (unpaired) electrons. The Morgan fingerprint density at radius 1 is 1.44 bits per heavy atom. The highest BCUT2D eigenvalue weighted by molar-refractivity contribution is 7.89. The van der Waals surface area contributed by atoms with Crippen LogP contribution in [0.3, 0.4) is 0 Å². The van der Waals surface area contributed by atoms with E-state index in [0.717, 1.165) is 19.3 Å². The van der Waals surface area contributed by atoms with Crippen molar-refractivity contribution in [3.8, 4) is 0 Å². The van der Waals surface area contributed by atoms with Crippen LogP contribution in [0, 0.1) is 5.92 Å². The average molecular weight is 270 g/mol. The lowest BCUT2D eigenvalue weighted by Crippen LogP contribution is -2.32. The summed E-state index contributed by atoms with van der Waals surface area (Å²) >= 11 is 5.96. The van der Waals surface area contributed by atoms with Crippen LogP contribution in [0.1, 0.15) is 26.2 Å². The van der Waals surface area contributed by atoms with Crippen LogP contribution in [-0.2, 0) is 14.8 Å². The Labute approximate surface area is 103 Å². The summed E-state index contributed by atoms with van der Waals surface area (Å²) in [7, 11) is -3.18. The van der Waals surface area contributed by atoms with Gasteiger partial charge in [-0.3, -0.25) is 0 Å². The van der Waals surface area contributed by atoms with E-state index < -0.39 is 10.0 Å². The number of alkyl halides is 1. The van der Waals surface area contributed by atoms with Gasteiger partial charge in [0.2, 0.25) is 10.0 Å². The Bertz CT molecular complexity index is 294. The van der Waals surface area contributed by atoms with Gasteiger partial charge in [0.1, 0.15) is 0 Å². The second-order valence-corrected chi connectivity index (χ2v) is 6.68. The Kier molecular flexibility index (Phi) is 6.03. The molecule has 1 fully saturated rings. The van der Waals surface area contributed by atoms with Crippen molar-refractivity contribution in [1.29, 1.82) is 0 Å². The van der Waals surface area contributed by atoms with Gasteiger partial charge in [0.05, 0.1) is 12.4 Å². The molecule has 1 N–H and O–H groups in total. The zero-order valence-electron chi connectivity index (χ0n) is 9.62. The Morgan fingerprint density at radius 2 is 2.19 bits per heavy atom. The number of nitrogens with one attached hydrogen (secondary N) is 1. The number of hydrogen-bond donors (Lipinski definition) is 1. The van der Waals surface area contributed by atoms with Gasteiger partial charge in [-0.15, -0.1) is 11.6 Å². The third kappa shape index (κ3) is 5.48. The van der Waals surface area contributed by atoms with E-state index in [0.29, 0.717) is 19.1 Å². The van der Waals surface area contributed by atoms with Gasteiger partial charge < -0.3 is 4.74 Å². The van der Waals surface area contributed by atoms with Gasteiger partial charge in [0.25, 0.3) is 0 Å². The van der Waals surface area contributed by atoms with Gasteiger partial charge in [-0.1, -0.05) is 0 Å². The Hall–Kier alpha value is 0.160. The second-order valence-electron chi connectivity index (χ2n) is 4.14. The van der Waals surface area contributed by atoms with E-state index in [1.54, 1.807) is 0 Å². The number of rotatable bonds is 7. The van der Waals surface area contributed by atoms with E-state index in [9.17, 15) is 8.42 Å². The first-order chi connectivity index (χ1) is 7.53. The standard InChI is InChI=1S/C10H20ClNO3S/c1-2-15-5-6-16(13,14)12-8-9-3-4-10(11)7-9/h9-10,12H,2-8H2,1H3. The van der Waals surface area contributed by atoms with E-state index in [1.165, 1.54) is 0 Å². The minimum absolute atomic E-state index is 0.0395. The maximum Gasteiger partial charge on any atom is 0.213 e. The largest absolute Gasteiger partial charge is 0.381 e. The fourth-order valence-corrected chi connectivity index (χ4v) is 3.18. The summed E-state index contributed by atoms with van der Waals surface area (Å²) in [5.41, 5.74) is 0. The van der Waals surface area contributed by atoms with Crippen molar-refractivity contribution >= 4 is 21.6 Å². The summed E-state index contributed by atoms with van der Waals surface area (Å²) in [6.07, 6.45) is 2.92. The van der Waals surface area contributed by atoms with Crippen LogP contribution in [0.25, 0.3) is 0 Å². The molecule has 0 aromatic carbocycles. The minimum Gasteiger partial charge on any atom is -0.381 e. The topological polar surface area (TPSA) is 55.4 Å². The second kappa shape index (κ2) is 6.79. The summed E-state index contributed by atoms with van der Waals surface area (Å²) in [6.45, 7) is 3.16. The minimum atomic E-state index is -3.18. The molecule has 1 aliphatic carbocycles. The normalized spacial score (nSPS) is 26.1. The van der Waals surface area contributed by atoms with Crippen molar-refractivity contribution < 1.29 is 13.2 Å². The first-order valence-corrected chi connectivity index (χ1v) is 7.81. The highest BCUT2D eigenvalue weighted by atomic mass is 35.5. The molecule has 16 heavy (non-hydrogen) atoms. The average Bonchev–Trinajstić information content (AvgIpc) is 2.62.